The standard InChI is InChI=1S/C16H22N2O2S/c1-5-14(6-2)21(19,20)16-10-13(8-7-11(16)3)15-9-12(4)17-18-15/h7-10,14H,5-6H2,1-4H3,(H,17,18). The second kappa shape index (κ2) is 6.02. The van der Waals surface area contributed by atoms with Crippen molar-refractivity contribution in [3.63, 3.8) is 0 Å². The number of H-pyrrole nitrogens is 1. The number of nitrogens with one attached hydrogen (secondary N) is 1. The Morgan fingerprint density at radius 2 is 1.81 bits per heavy atom. The molecule has 0 amide bonds. The lowest BCUT2D eigenvalue weighted by Gasteiger charge is -2.16. The van der Waals surface area contributed by atoms with Crippen LogP contribution >= 0.6 is 0 Å². The zero-order valence-corrected chi connectivity index (χ0v) is 13.8. The van der Waals surface area contributed by atoms with Crippen molar-refractivity contribution in [2.24, 2.45) is 0 Å². The fourth-order valence-corrected chi connectivity index (χ4v) is 4.58. The van der Waals surface area contributed by atoms with E-state index in [1.165, 1.54) is 0 Å². The van der Waals surface area contributed by atoms with Crippen LogP contribution in [0.4, 0.5) is 0 Å². The molecule has 1 aromatic carbocycles. The lowest BCUT2D eigenvalue weighted by Crippen LogP contribution is -2.20. The number of aryl methyl sites for hydroxylation is 2. The minimum absolute atomic E-state index is 0.327. The maximum absolute atomic E-state index is 12.8. The van der Waals surface area contributed by atoms with E-state index in [0.717, 1.165) is 22.5 Å². The highest BCUT2D eigenvalue weighted by molar-refractivity contribution is 7.92. The minimum Gasteiger partial charge on any atom is -0.282 e. The van der Waals surface area contributed by atoms with Gasteiger partial charge in [-0.25, -0.2) is 8.42 Å². The smallest absolute Gasteiger partial charge is 0.181 e. The molecular weight excluding hydrogens is 284 g/mol. The minimum atomic E-state index is -3.29. The zero-order valence-electron chi connectivity index (χ0n) is 13.0. The summed E-state index contributed by atoms with van der Waals surface area (Å²) in [7, 11) is -3.29. The summed E-state index contributed by atoms with van der Waals surface area (Å²) in [5.74, 6) is 0. The van der Waals surface area contributed by atoms with E-state index < -0.39 is 9.84 Å². The largest absolute Gasteiger partial charge is 0.282 e. The molecule has 0 aliphatic carbocycles. The van der Waals surface area contributed by atoms with Gasteiger partial charge in [-0.2, -0.15) is 5.10 Å². The summed E-state index contributed by atoms with van der Waals surface area (Å²) in [4.78, 5) is 0.425. The van der Waals surface area contributed by atoms with Crippen molar-refractivity contribution >= 4 is 9.84 Å². The molecular formula is C16H22N2O2S. The van der Waals surface area contributed by atoms with Gasteiger partial charge in [0.25, 0.3) is 0 Å². The Kier molecular flexibility index (Phi) is 4.52. The van der Waals surface area contributed by atoms with Crippen LogP contribution in [0.2, 0.25) is 0 Å². The van der Waals surface area contributed by atoms with Crippen molar-refractivity contribution in [1.29, 1.82) is 0 Å². The first kappa shape index (κ1) is 15.8. The second-order valence-electron chi connectivity index (χ2n) is 5.40. The number of aromatic amines is 1. The van der Waals surface area contributed by atoms with E-state index in [4.69, 9.17) is 0 Å². The highest BCUT2D eigenvalue weighted by atomic mass is 32.2. The molecule has 0 aliphatic heterocycles. The lowest BCUT2D eigenvalue weighted by molar-refractivity contribution is 0.571. The first-order valence-corrected chi connectivity index (χ1v) is 8.81. The highest BCUT2D eigenvalue weighted by Gasteiger charge is 2.26. The summed E-state index contributed by atoms with van der Waals surface area (Å²) in [6.45, 7) is 7.60. The van der Waals surface area contributed by atoms with Gasteiger partial charge in [0.1, 0.15) is 0 Å². The number of sulfone groups is 1. The van der Waals surface area contributed by atoms with Crippen molar-refractivity contribution < 1.29 is 8.42 Å². The van der Waals surface area contributed by atoms with Crippen molar-refractivity contribution in [3.8, 4) is 11.3 Å². The van der Waals surface area contributed by atoms with E-state index in [2.05, 4.69) is 10.2 Å². The predicted molar refractivity (Wildman–Crippen MR) is 85.1 cm³/mol. The Bertz CT molecular complexity index is 728. The van der Waals surface area contributed by atoms with Gasteiger partial charge in [0, 0.05) is 11.3 Å². The molecule has 0 bridgehead atoms. The maximum atomic E-state index is 12.8. The lowest BCUT2D eigenvalue weighted by atomic mass is 10.1. The maximum Gasteiger partial charge on any atom is 0.181 e. The first-order chi connectivity index (χ1) is 9.90. The summed E-state index contributed by atoms with van der Waals surface area (Å²) in [5.41, 5.74) is 3.34. The fourth-order valence-electron chi connectivity index (χ4n) is 2.54. The quantitative estimate of drug-likeness (QED) is 0.917. The van der Waals surface area contributed by atoms with Crippen LogP contribution in [0.3, 0.4) is 0 Å². The van der Waals surface area contributed by atoms with Crippen LogP contribution in [0.15, 0.2) is 29.2 Å². The van der Waals surface area contributed by atoms with Crippen LogP contribution in [0.1, 0.15) is 37.9 Å². The molecule has 2 aromatic rings. The van der Waals surface area contributed by atoms with Crippen molar-refractivity contribution in [2.45, 2.75) is 50.7 Å². The summed E-state index contributed by atoms with van der Waals surface area (Å²) in [5, 5.41) is 6.76. The molecule has 21 heavy (non-hydrogen) atoms. The van der Waals surface area contributed by atoms with Crippen LogP contribution in [0.5, 0.6) is 0 Å². The van der Waals surface area contributed by atoms with E-state index in [9.17, 15) is 8.42 Å². The molecule has 0 fully saturated rings. The normalized spacial score (nSPS) is 12.0. The van der Waals surface area contributed by atoms with E-state index in [1.54, 1.807) is 6.07 Å². The highest BCUT2D eigenvalue weighted by Crippen LogP contribution is 2.28. The average Bonchev–Trinajstić information content (AvgIpc) is 2.86. The third-order valence-electron chi connectivity index (χ3n) is 3.85. The third kappa shape index (κ3) is 3.02. The van der Waals surface area contributed by atoms with Gasteiger partial charge in [0.05, 0.1) is 15.8 Å². The molecule has 0 saturated heterocycles. The van der Waals surface area contributed by atoms with Gasteiger partial charge < -0.3 is 0 Å². The molecule has 5 heteroatoms. The molecule has 4 nitrogen and oxygen atoms in total. The molecule has 0 spiro atoms. The van der Waals surface area contributed by atoms with Crippen molar-refractivity contribution in [3.05, 3.63) is 35.5 Å². The molecule has 1 aromatic heterocycles. The SMILES string of the molecule is CCC(CC)S(=O)(=O)c1cc(-c2cc(C)[nH]n2)ccc1C. The Hall–Kier alpha value is -1.62. The second-order valence-corrected chi connectivity index (χ2v) is 7.60. The first-order valence-electron chi connectivity index (χ1n) is 7.27. The number of aromatic nitrogens is 2. The molecule has 0 radical (unpaired) electrons. The van der Waals surface area contributed by atoms with Gasteiger partial charge in [-0.1, -0.05) is 26.0 Å². The van der Waals surface area contributed by atoms with Crippen LogP contribution < -0.4 is 0 Å². The van der Waals surface area contributed by atoms with Gasteiger partial charge in [-0.05, 0) is 44.4 Å². The molecule has 114 valence electrons. The third-order valence-corrected chi connectivity index (χ3v) is 6.44. The zero-order chi connectivity index (χ0) is 15.6. The van der Waals surface area contributed by atoms with Gasteiger partial charge in [0.15, 0.2) is 9.84 Å². The fraction of sp³-hybridized carbons (Fsp3) is 0.438. The number of hydrogen-bond acceptors (Lipinski definition) is 3. The van der Waals surface area contributed by atoms with Crippen LogP contribution in [-0.4, -0.2) is 23.9 Å². The Morgan fingerprint density at radius 1 is 1.14 bits per heavy atom. The summed E-state index contributed by atoms with van der Waals surface area (Å²) < 4.78 is 25.6. The van der Waals surface area contributed by atoms with Gasteiger partial charge in [-0.15, -0.1) is 0 Å². The van der Waals surface area contributed by atoms with Gasteiger partial charge >= 0.3 is 0 Å². The molecule has 2 rings (SSSR count). The Morgan fingerprint density at radius 3 is 2.33 bits per heavy atom. The number of rotatable bonds is 5. The van der Waals surface area contributed by atoms with Crippen molar-refractivity contribution in [2.75, 3.05) is 0 Å². The van der Waals surface area contributed by atoms with E-state index in [0.29, 0.717) is 17.7 Å². The molecule has 1 N–H and O–H groups in total. The van der Waals surface area contributed by atoms with Gasteiger partial charge in [-0.3, -0.25) is 5.10 Å². The Labute approximate surface area is 126 Å². The van der Waals surface area contributed by atoms with E-state index in [-0.39, 0.29) is 5.25 Å². The molecule has 1 heterocycles. The van der Waals surface area contributed by atoms with E-state index in [1.807, 2.05) is 45.9 Å². The summed E-state index contributed by atoms with van der Waals surface area (Å²) in [6, 6.07) is 7.43. The number of hydrogen-bond donors (Lipinski definition) is 1. The monoisotopic (exact) mass is 306 g/mol. The van der Waals surface area contributed by atoms with Gasteiger partial charge in [0.2, 0.25) is 0 Å². The molecule has 0 atom stereocenters. The topological polar surface area (TPSA) is 62.8 Å². The van der Waals surface area contributed by atoms with E-state index >= 15 is 0 Å². The summed E-state index contributed by atoms with van der Waals surface area (Å²) in [6.07, 6.45) is 1.26. The molecule has 0 aliphatic rings. The Balaban J connectivity index is 2.54. The molecule has 0 saturated carbocycles. The predicted octanol–water partition coefficient (Wildman–Crippen LogP) is 3.66. The number of benzene rings is 1. The van der Waals surface area contributed by atoms with Crippen LogP contribution in [0, 0.1) is 13.8 Å². The van der Waals surface area contributed by atoms with Crippen LogP contribution in [0.25, 0.3) is 11.3 Å². The average molecular weight is 306 g/mol. The summed E-state index contributed by atoms with van der Waals surface area (Å²) >= 11 is 0. The molecule has 0 unspecified atom stereocenters. The number of nitrogens with zero attached hydrogens (tertiary/aromatic N) is 1. The van der Waals surface area contributed by atoms with Crippen molar-refractivity contribution in [1.82, 2.24) is 10.2 Å². The van der Waals surface area contributed by atoms with Crippen LogP contribution in [-0.2, 0) is 9.84 Å².